The summed E-state index contributed by atoms with van der Waals surface area (Å²) in [7, 11) is 0. The first-order valence-electron chi connectivity index (χ1n) is 13.9. The van der Waals surface area contributed by atoms with Crippen molar-refractivity contribution in [2.24, 2.45) is 0 Å². The lowest BCUT2D eigenvalue weighted by atomic mass is 10.0. The van der Waals surface area contributed by atoms with E-state index in [9.17, 15) is 18.4 Å². The van der Waals surface area contributed by atoms with Gasteiger partial charge >= 0.3 is 5.97 Å². The van der Waals surface area contributed by atoms with Gasteiger partial charge in [-0.15, -0.1) is 0 Å². The van der Waals surface area contributed by atoms with Gasteiger partial charge in [0.25, 0.3) is 5.91 Å². The standard InChI is InChI=1S/C29H47F2NO3/c1-3-4-5-6-7-8-9-10-11-12-13-14-15-16-17-18-19-23-35-29(34)24(2)32-28(33)27-25(30)21-20-22-26(27)31/h20-22,24H,3-19,23H2,1-2H3,(H,32,33). The normalized spacial score (nSPS) is 11.9. The van der Waals surface area contributed by atoms with Crippen molar-refractivity contribution in [1.29, 1.82) is 0 Å². The van der Waals surface area contributed by atoms with Crippen LogP contribution in [-0.2, 0) is 9.53 Å². The summed E-state index contributed by atoms with van der Waals surface area (Å²) in [5.41, 5.74) is -0.694. The summed E-state index contributed by atoms with van der Waals surface area (Å²) in [4.78, 5) is 24.1. The van der Waals surface area contributed by atoms with Crippen LogP contribution in [0.15, 0.2) is 18.2 Å². The molecule has 1 aromatic carbocycles. The van der Waals surface area contributed by atoms with Crippen LogP contribution in [-0.4, -0.2) is 24.5 Å². The van der Waals surface area contributed by atoms with Crippen LogP contribution in [0.2, 0.25) is 0 Å². The molecular weight excluding hydrogens is 448 g/mol. The van der Waals surface area contributed by atoms with E-state index in [1.165, 1.54) is 103 Å². The molecule has 4 nitrogen and oxygen atoms in total. The van der Waals surface area contributed by atoms with Gasteiger partial charge in [0.2, 0.25) is 0 Å². The molecule has 0 saturated carbocycles. The zero-order valence-corrected chi connectivity index (χ0v) is 22.0. The Balaban J connectivity index is 1.93. The maximum atomic E-state index is 13.7. The summed E-state index contributed by atoms with van der Waals surface area (Å²) >= 11 is 0. The number of carbonyl (C=O) groups excluding carboxylic acids is 2. The van der Waals surface area contributed by atoms with E-state index in [4.69, 9.17) is 4.74 Å². The van der Waals surface area contributed by atoms with Gasteiger partial charge in [-0.3, -0.25) is 4.79 Å². The summed E-state index contributed by atoms with van der Waals surface area (Å²) in [5.74, 6) is -3.51. The van der Waals surface area contributed by atoms with E-state index < -0.39 is 35.1 Å². The number of halogens is 2. The fourth-order valence-corrected chi connectivity index (χ4v) is 4.17. The Bertz CT molecular complexity index is 691. The van der Waals surface area contributed by atoms with Gasteiger partial charge in [0.15, 0.2) is 0 Å². The van der Waals surface area contributed by atoms with Gasteiger partial charge in [-0.1, -0.05) is 116 Å². The molecule has 1 aromatic rings. The van der Waals surface area contributed by atoms with Crippen molar-refractivity contribution in [3.05, 3.63) is 35.4 Å². The van der Waals surface area contributed by atoms with Crippen molar-refractivity contribution < 1.29 is 23.1 Å². The second kappa shape index (κ2) is 20.2. The van der Waals surface area contributed by atoms with Gasteiger partial charge in [-0.2, -0.15) is 0 Å². The third kappa shape index (κ3) is 14.9. The first kappa shape index (κ1) is 31.1. The van der Waals surface area contributed by atoms with Crippen LogP contribution < -0.4 is 5.32 Å². The van der Waals surface area contributed by atoms with Crippen molar-refractivity contribution in [2.45, 2.75) is 129 Å². The number of carbonyl (C=O) groups is 2. The van der Waals surface area contributed by atoms with E-state index in [1.54, 1.807) is 0 Å². The van der Waals surface area contributed by atoms with Crippen LogP contribution in [0.5, 0.6) is 0 Å². The predicted octanol–water partition coefficient (Wildman–Crippen LogP) is 8.28. The second-order valence-corrected chi connectivity index (χ2v) is 9.62. The summed E-state index contributed by atoms with van der Waals surface area (Å²) in [6, 6.07) is 2.20. The van der Waals surface area contributed by atoms with Crippen LogP contribution in [0.4, 0.5) is 8.78 Å². The highest BCUT2D eigenvalue weighted by Crippen LogP contribution is 2.14. The minimum atomic E-state index is -0.979. The topological polar surface area (TPSA) is 55.4 Å². The lowest BCUT2D eigenvalue weighted by Crippen LogP contribution is -2.40. The monoisotopic (exact) mass is 495 g/mol. The van der Waals surface area contributed by atoms with Gasteiger partial charge < -0.3 is 10.1 Å². The van der Waals surface area contributed by atoms with Gasteiger partial charge in [0, 0.05) is 0 Å². The molecule has 0 spiro atoms. The van der Waals surface area contributed by atoms with Crippen molar-refractivity contribution in [3.8, 4) is 0 Å². The molecule has 1 rings (SSSR count). The molecule has 1 amide bonds. The second-order valence-electron chi connectivity index (χ2n) is 9.62. The molecule has 1 N–H and O–H groups in total. The van der Waals surface area contributed by atoms with Crippen LogP contribution in [0.25, 0.3) is 0 Å². The van der Waals surface area contributed by atoms with E-state index in [1.807, 2.05) is 0 Å². The number of hydrogen-bond donors (Lipinski definition) is 1. The molecule has 1 atom stereocenters. The highest BCUT2D eigenvalue weighted by atomic mass is 19.1. The van der Waals surface area contributed by atoms with Crippen LogP contribution in [0.3, 0.4) is 0 Å². The van der Waals surface area contributed by atoms with Crippen molar-refractivity contribution in [2.75, 3.05) is 6.61 Å². The lowest BCUT2D eigenvalue weighted by Gasteiger charge is -2.14. The van der Waals surface area contributed by atoms with E-state index in [0.29, 0.717) is 0 Å². The third-order valence-corrected chi connectivity index (χ3v) is 6.38. The molecular formula is C29H47F2NO3. The van der Waals surface area contributed by atoms with Crippen molar-refractivity contribution >= 4 is 11.9 Å². The molecule has 0 aliphatic carbocycles. The smallest absolute Gasteiger partial charge is 0.328 e. The first-order chi connectivity index (χ1) is 17.0. The predicted molar refractivity (Wildman–Crippen MR) is 138 cm³/mol. The van der Waals surface area contributed by atoms with Gasteiger partial charge in [-0.05, 0) is 25.5 Å². The lowest BCUT2D eigenvalue weighted by molar-refractivity contribution is -0.145. The van der Waals surface area contributed by atoms with Crippen molar-refractivity contribution in [1.82, 2.24) is 5.32 Å². The molecule has 0 saturated heterocycles. The fraction of sp³-hybridized carbons (Fsp3) is 0.724. The number of benzene rings is 1. The number of hydrogen-bond acceptors (Lipinski definition) is 3. The molecule has 0 bridgehead atoms. The molecule has 0 aliphatic heterocycles. The molecule has 0 heterocycles. The Labute approximate surface area is 211 Å². The maximum Gasteiger partial charge on any atom is 0.328 e. The number of nitrogens with one attached hydrogen (secondary N) is 1. The SMILES string of the molecule is CCCCCCCCCCCCCCCCCCCOC(=O)C(C)NC(=O)c1c(F)cccc1F. The quantitative estimate of drug-likeness (QED) is 0.138. The number of ether oxygens (including phenoxy) is 1. The molecule has 200 valence electrons. The average Bonchev–Trinajstić information content (AvgIpc) is 2.83. The summed E-state index contributed by atoms with van der Waals surface area (Å²) in [6.45, 7) is 3.98. The molecule has 0 fully saturated rings. The molecule has 35 heavy (non-hydrogen) atoms. The molecule has 6 heteroatoms. The Morgan fingerprint density at radius 3 is 1.57 bits per heavy atom. The van der Waals surface area contributed by atoms with Crippen LogP contribution >= 0.6 is 0 Å². The van der Waals surface area contributed by atoms with Crippen LogP contribution in [0.1, 0.15) is 133 Å². The molecule has 0 radical (unpaired) electrons. The minimum Gasteiger partial charge on any atom is -0.464 e. The zero-order valence-electron chi connectivity index (χ0n) is 22.0. The fourth-order valence-electron chi connectivity index (χ4n) is 4.17. The Morgan fingerprint density at radius 2 is 1.14 bits per heavy atom. The van der Waals surface area contributed by atoms with Crippen LogP contribution in [0, 0.1) is 11.6 Å². The molecule has 0 aliphatic rings. The highest BCUT2D eigenvalue weighted by Gasteiger charge is 2.22. The van der Waals surface area contributed by atoms with Gasteiger partial charge in [0.1, 0.15) is 23.2 Å². The number of amides is 1. The van der Waals surface area contributed by atoms with E-state index in [2.05, 4.69) is 12.2 Å². The maximum absolute atomic E-state index is 13.7. The van der Waals surface area contributed by atoms with E-state index in [0.717, 1.165) is 31.4 Å². The average molecular weight is 496 g/mol. The zero-order chi connectivity index (χ0) is 25.7. The summed E-state index contributed by atoms with van der Waals surface area (Å²) in [5, 5.41) is 2.29. The van der Waals surface area contributed by atoms with Gasteiger partial charge in [-0.25, -0.2) is 13.6 Å². The molecule has 0 aromatic heterocycles. The summed E-state index contributed by atoms with van der Waals surface area (Å²) < 4.78 is 32.5. The number of rotatable bonds is 21. The Hall–Kier alpha value is -1.98. The minimum absolute atomic E-state index is 0.283. The van der Waals surface area contributed by atoms with Crippen molar-refractivity contribution in [3.63, 3.8) is 0 Å². The largest absolute Gasteiger partial charge is 0.464 e. The third-order valence-electron chi connectivity index (χ3n) is 6.38. The first-order valence-corrected chi connectivity index (χ1v) is 13.9. The number of esters is 1. The van der Waals surface area contributed by atoms with Gasteiger partial charge in [0.05, 0.1) is 6.61 Å². The number of unbranched alkanes of at least 4 members (excludes halogenated alkanes) is 16. The van der Waals surface area contributed by atoms with E-state index in [-0.39, 0.29) is 6.61 Å². The Kier molecular flexibility index (Phi) is 18.0. The highest BCUT2D eigenvalue weighted by molar-refractivity contribution is 5.97. The molecule has 1 unspecified atom stereocenters. The van der Waals surface area contributed by atoms with E-state index >= 15 is 0 Å². The Morgan fingerprint density at radius 1 is 0.743 bits per heavy atom. The summed E-state index contributed by atoms with van der Waals surface area (Å²) in [6.07, 6.45) is 21.8.